The minimum Gasteiger partial charge on any atom is -0.357 e. The zero-order valence-corrected chi connectivity index (χ0v) is 21.0. The van der Waals surface area contributed by atoms with Crippen LogP contribution in [-0.2, 0) is 12.8 Å². The fourth-order valence-electron chi connectivity index (χ4n) is 5.72. The summed E-state index contributed by atoms with van der Waals surface area (Å²) in [6, 6.07) is 15.5. The summed E-state index contributed by atoms with van der Waals surface area (Å²) in [6.07, 6.45) is 7.89. The molecule has 1 unspecified atom stereocenters. The highest BCUT2D eigenvalue weighted by atomic mass is 35.5. The molecule has 1 aliphatic heterocycles. The standard InChI is InChI=1S/C29H37ClN2/c1-6-10-27(24-13-7-8-14-26(24)30)31-28-21(3)17-18-32(29(28,4)5)23-16-15-22-12-9-11-20(2)25(22)19-23/h7-14,23,31H,6,15-19H2,1-5H3/b27-10+. The molecule has 1 N–H and O–H groups in total. The number of rotatable bonds is 5. The van der Waals surface area contributed by atoms with E-state index in [2.05, 4.69) is 81.2 Å². The van der Waals surface area contributed by atoms with Gasteiger partial charge in [-0.2, -0.15) is 0 Å². The molecular formula is C29H37ClN2. The molecule has 0 bridgehead atoms. The van der Waals surface area contributed by atoms with Gasteiger partial charge in [0.2, 0.25) is 0 Å². The molecule has 2 aliphatic rings. The Morgan fingerprint density at radius 2 is 1.91 bits per heavy atom. The summed E-state index contributed by atoms with van der Waals surface area (Å²) < 4.78 is 0. The molecule has 2 aromatic rings. The Morgan fingerprint density at radius 1 is 1.12 bits per heavy atom. The van der Waals surface area contributed by atoms with E-state index in [-0.39, 0.29) is 5.54 Å². The first kappa shape index (κ1) is 23.1. The van der Waals surface area contributed by atoms with Gasteiger partial charge in [-0.25, -0.2) is 0 Å². The first-order valence-corrected chi connectivity index (χ1v) is 12.5. The molecule has 170 valence electrons. The summed E-state index contributed by atoms with van der Waals surface area (Å²) in [5.41, 5.74) is 9.47. The van der Waals surface area contributed by atoms with Crippen LogP contribution >= 0.6 is 11.6 Å². The van der Waals surface area contributed by atoms with Gasteiger partial charge in [-0.3, -0.25) is 4.90 Å². The van der Waals surface area contributed by atoms with Crippen LogP contribution in [-0.4, -0.2) is 23.0 Å². The van der Waals surface area contributed by atoms with E-state index in [0.717, 1.165) is 42.1 Å². The number of hydrogen-bond acceptors (Lipinski definition) is 2. The second-order valence-electron chi connectivity index (χ2n) is 9.90. The van der Waals surface area contributed by atoms with Gasteiger partial charge in [0.25, 0.3) is 0 Å². The Kier molecular flexibility index (Phi) is 6.83. The topological polar surface area (TPSA) is 15.3 Å². The van der Waals surface area contributed by atoms with E-state index in [9.17, 15) is 0 Å². The van der Waals surface area contributed by atoms with Crippen molar-refractivity contribution in [2.45, 2.75) is 78.3 Å². The van der Waals surface area contributed by atoms with E-state index in [1.54, 1.807) is 11.1 Å². The first-order chi connectivity index (χ1) is 15.3. The van der Waals surface area contributed by atoms with Crippen LogP contribution in [0.25, 0.3) is 5.70 Å². The Bertz CT molecular complexity index is 1050. The first-order valence-electron chi connectivity index (χ1n) is 12.1. The van der Waals surface area contributed by atoms with Gasteiger partial charge in [0.05, 0.1) is 5.54 Å². The molecule has 0 saturated carbocycles. The zero-order chi connectivity index (χ0) is 22.9. The summed E-state index contributed by atoms with van der Waals surface area (Å²) in [6.45, 7) is 12.6. The van der Waals surface area contributed by atoms with E-state index in [1.807, 2.05) is 12.1 Å². The fourth-order valence-corrected chi connectivity index (χ4v) is 5.96. The number of benzene rings is 2. The number of allylic oxidation sites excluding steroid dienone is 1. The summed E-state index contributed by atoms with van der Waals surface area (Å²) in [7, 11) is 0. The molecule has 2 nitrogen and oxygen atoms in total. The summed E-state index contributed by atoms with van der Waals surface area (Å²) in [4.78, 5) is 2.76. The van der Waals surface area contributed by atoms with Crippen LogP contribution in [0.3, 0.4) is 0 Å². The summed E-state index contributed by atoms with van der Waals surface area (Å²) >= 11 is 6.59. The van der Waals surface area contributed by atoms with Gasteiger partial charge in [-0.05, 0) is 82.6 Å². The van der Waals surface area contributed by atoms with E-state index in [1.165, 1.54) is 29.7 Å². The molecule has 0 aromatic heterocycles. The van der Waals surface area contributed by atoms with Crippen LogP contribution in [0.4, 0.5) is 0 Å². The number of hydrogen-bond donors (Lipinski definition) is 1. The van der Waals surface area contributed by atoms with Gasteiger partial charge < -0.3 is 5.32 Å². The molecule has 0 amide bonds. The molecule has 32 heavy (non-hydrogen) atoms. The average molecular weight is 449 g/mol. The zero-order valence-electron chi connectivity index (χ0n) is 20.3. The molecule has 3 heteroatoms. The molecule has 0 fully saturated rings. The summed E-state index contributed by atoms with van der Waals surface area (Å²) in [5, 5.41) is 4.66. The van der Waals surface area contributed by atoms with Gasteiger partial charge >= 0.3 is 0 Å². The molecule has 0 spiro atoms. The molecule has 2 aromatic carbocycles. The molecule has 1 atom stereocenters. The van der Waals surface area contributed by atoms with Crippen molar-refractivity contribution < 1.29 is 0 Å². The Balaban J connectivity index is 1.63. The maximum absolute atomic E-state index is 6.59. The monoisotopic (exact) mass is 448 g/mol. The Morgan fingerprint density at radius 3 is 2.66 bits per heavy atom. The molecule has 1 heterocycles. The predicted molar refractivity (Wildman–Crippen MR) is 138 cm³/mol. The lowest BCUT2D eigenvalue weighted by Gasteiger charge is -2.50. The third-order valence-corrected chi connectivity index (χ3v) is 7.78. The highest BCUT2D eigenvalue weighted by Crippen LogP contribution is 2.38. The molecule has 4 rings (SSSR count). The number of aryl methyl sites for hydroxylation is 2. The van der Waals surface area contributed by atoms with Crippen LogP contribution in [0.1, 0.15) is 69.2 Å². The normalized spacial score (nSPS) is 21.4. The second kappa shape index (κ2) is 9.45. The minimum atomic E-state index is -0.0682. The molecule has 1 aliphatic carbocycles. The van der Waals surface area contributed by atoms with Gasteiger partial charge in [-0.15, -0.1) is 0 Å². The van der Waals surface area contributed by atoms with Gasteiger partial charge in [0.15, 0.2) is 0 Å². The third kappa shape index (κ3) is 4.40. The van der Waals surface area contributed by atoms with E-state index in [4.69, 9.17) is 11.6 Å². The largest absolute Gasteiger partial charge is 0.357 e. The fraction of sp³-hybridized carbons (Fsp3) is 0.448. The second-order valence-corrected chi connectivity index (χ2v) is 10.3. The number of fused-ring (bicyclic) bond motifs is 1. The lowest BCUT2D eigenvalue weighted by Crippen LogP contribution is -2.57. The van der Waals surface area contributed by atoms with Crippen LogP contribution < -0.4 is 5.32 Å². The minimum absolute atomic E-state index is 0.0682. The van der Waals surface area contributed by atoms with Gasteiger partial charge in [0, 0.05) is 34.6 Å². The van der Waals surface area contributed by atoms with Crippen molar-refractivity contribution in [3.05, 3.63) is 87.1 Å². The third-order valence-electron chi connectivity index (χ3n) is 7.45. The van der Waals surface area contributed by atoms with Crippen LogP contribution in [0, 0.1) is 6.92 Å². The van der Waals surface area contributed by atoms with Crippen molar-refractivity contribution in [3.8, 4) is 0 Å². The SMILES string of the molecule is CC/C=C(/NC1=C(C)CCN(C2CCc3cccc(C)c3C2)C1(C)C)c1ccccc1Cl. The molecule has 0 saturated heterocycles. The Hall–Kier alpha value is -2.03. The van der Waals surface area contributed by atoms with Crippen molar-refractivity contribution in [3.63, 3.8) is 0 Å². The van der Waals surface area contributed by atoms with Crippen LogP contribution in [0.15, 0.2) is 59.8 Å². The maximum atomic E-state index is 6.59. The number of nitrogens with zero attached hydrogens (tertiary/aromatic N) is 1. The predicted octanol–water partition coefficient (Wildman–Crippen LogP) is 7.30. The Labute approximate surface area is 199 Å². The van der Waals surface area contributed by atoms with Crippen molar-refractivity contribution in [1.29, 1.82) is 0 Å². The average Bonchev–Trinajstić information content (AvgIpc) is 2.76. The van der Waals surface area contributed by atoms with E-state index in [0.29, 0.717) is 6.04 Å². The lowest BCUT2D eigenvalue weighted by molar-refractivity contribution is 0.0721. The van der Waals surface area contributed by atoms with Crippen molar-refractivity contribution in [1.82, 2.24) is 10.2 Å². The highest BCUT2D eigenvalue weighted by Gasteiger charge is 2.40. The highest BCUT2D eigenvalue weighted by molar-refractivity contribution is 6.32. The smallest absolute Gasteiger partial charge is 0.0556 e. The quantitative estimate of drug-likeness (QED) is 0.515. The molecule has 0 radical (unpaired) electrons. The number of halogens is 1. The van der Waals surface area contributed by atoms with Gasteiger partial charge in [0.1, 0.15) is 0 Å². The maximum Gasteiger partial charge on any atom is 0.0556 e. The van der Waals surface area contributed by atoms with Crippen molar-refractivity contribution in [2.75, 3.05) is 6.54 Å². The van der Waals surface area contributed by atoms with E-state index < -0.39 is 0 Å². The molecular weight excluding hydrogens is 412 g/mol. The van der Waals surface area contributed by atoms with Crippen molar-refractivity contribution >= 4 is 17.3 Å². The number of nitrogens with one attached hydrogen (secondary N) is 1. The lowest BCUT2D eigenvalue weighted by atomic mass is 9.80. The van der Waals surface area contributed by atoms with Crippen LogP contribution in [0.2, 0.25) is 5.02 Å². The summed E-state index contributed by atoms with van der Waals surface area (Å²) in [5.74, 6) is 0. The van der Waals surface area contributed by atoms with Crippen molar-refractivity contribution in [2.24, 2.45) is 0 Å². The van der Waals surface area contributed by atoms with Gasteiger partial charge in [-0.1, -0.05) is 66.6 Å². The van der Waals surface area contributed by atoms with Crippen LogP contribution in [0.5, 0.6) is 0 Å². The van der Waals surface area contributed by atoms with E-state index >= 15 is 0 Å².